The second-order valence-electron chi connectivity index (χ2n) is 7.36. The lowest BCUT2D eigenvalue weighted by atomic mass is 10.5. The van der Waals surface area contributed by atoms with Gasteiger partial charge in [0.25, 0.3) is 0 Å². The monoisotopic (exact) mass is 332 g/mol. The standard InChI is InChI=1S/C14H32O3Si3/c1-7-13(2)18-11-20(5,6)12-19(3,4)10-8-9-17-14(15)16/h7H,8-12,18H2,1-6H3,(H,15,16). The summed E-state index contributed by atoms with van der Waals surface area (Å²) in [6.07, 6.45) is 2.02. The Morgan fingerprint density at radius 2 is 1.85 bits per heavy atom. The third-order valence-corrected chi connectivity index (χ3v) is 20.8. The molecule has 0 bridgehead atoms. The highest BCUT2D eigenvalue weighted by molar-refractivity contribution is 6.98. The summed E-state index contributed by atoms with van der Waals surface area (Å²) in [4.78, 5) is 10.3. The van der Waals surface area contributed by atoms with Crippen LogP contribution in [0.3, 0.4) is 0 Å². The van der Waals surface area contributed by atoms with E-state index in [0.29, 0.717) is 6.61 Å². The number of carbonyl (C=O) groups is 1. The van der Waals surface area contributed by atoms with Gasteiger partial charge in [-0.2, -0.15) is 0 Å². The first-order valence-corrected chi connectivity index (χ1v) is 16.1. The maximum absolute atomic E-state index is 10.3. The van der Waals surface area contributed by atoms with Gasteiger partial charge >= 0.3 is 6.16 Å². The first-order valence-electron chi connectivity index (χ1n) is 7.55. The van der Waals surface area contributed by atoms with Crippen molar-refractivity contribution in [3.05, 3.63) is 11.3 Å². The number of hydrogen-bond donors (Lipinski definition) is 1. The van der Waals surface area contributed by atoms with Crippen LogP contribution in [0.2, 0.25) is 43.6 Å². The van der Waals surface area contributed by atoms with E-state index in [-0.39, 0.29) is 9.52 Å². The summed E-state index contributed by atoms with van der Waals surface area (Å²) >= 11 is 0. The van der Waals surface area contributed by atoms with Crippen molar-refractivity contribution in [3.8, 4) is 0 Å². The molecular weight excluding hydrogens is 300 g/mol. The van der Waals surface area contributed by atoms with Crippen molar-refractivity contribution >= 4 is 31.8 Å². The minimum atomic E-state index is -1.20. The van der Waals surface area contributed by atoms with Gasteiger partial charge < -0.3 is 9.84 Å². The summed E-state index contributed by atoms with van der Waals surface area (Å²) in [5.74, 6) is 0. The Bertz CT molecular complexity index is 339. The van der Waals surface area contributed by atoms with Crippen molar-refractivity contribution in [2.45, 2.75) is 63.8 Å². The second kappa shape index (κ2) is 8.84. The van der Waals surface area contributed by atoms with Gasteiger partial charge in [0.15, 0.2) is 0 Å². The third-order valence-electron chi connectivity index (χ3n) is 3.87. The SMILES string of the molecule is CC=C(C)[SiH2]C[Si](C)(C)C[Si](C)(C)CCCOC(=O)O. The smallest absolute Gasteiger partial charge is 0.450 e. The molecule has 0 atom stereocenters. The molecule has 0 aromatic heterocycles. The normalized spacial score (nSPS) is 14.0. The van der Waals surface area contributed by atoms with Crippen LogP contribution in [-0.2, 0) is 4.74 Å². The third kappa shape index (κ3) is 10.4. The molecular formula is C14H32O3Si3. The molecule has 0 heterocycles. The van der Waals surface area contributed by atoms with Gasteiger partial charge in [0.2, 0.25) is 0 Å². The fourth-order valence-electron chi connectivity index (χ4n) is 2.86. The van der Waals surface area contributed by atoms with Crippen molar-refractivity contribution in [1.82, 2.24) is 0 Å². The highest BCUT2D eigenvalue weighted by Crippen LogP contribution is 2.27. The van der Waals surface area contributed by atoms with Crippen LogP contribution in [0.15, 0.2) is 11.3 Å². The van der Waals surface area contributed by atoms with Gasteiger partial charge in [-0.3, -0.25) is 0 Å². The van der Waals surface area contributed by atoms with Crippen LogP contribution in [-0.4, -0.2) is 43.5 Å². The average Bonchev–Trinajstić information content (AvgIpc) is 2.30. The lowest BCUT2D eigenvalue weighted by Gasteiger charge is -2.32. The molecule has 0 aliphatic rings. The van der Waals surface area contributed by atoms with Gasteiger partial charge in [-0.1, -0.05) is 54.8 Å². The molecule has 0 rings (SSSR count). The molecule has 1 N–H and O–H groups in total. The Kier molecular flexibility index (Phi) is 8.69. The minimum Gasteiger partial charge on any atom is -0.450 e. The molecule has 0 aliphatic heterocycles. The van der Waals surface area contributed by atoms with E-state index in [0.717, 1.165) is 6.42 Å². The molecule has 0 aliphatic carbocycles. The van der Waals surface area contributed by atoms with Crippen LogP contribution in [0.1, 0.15) is 20.3 Å². The molecule has 6 heteroatoms. The molecule has 0 aromatic carbocycles. The van der Waals surface area contributed by atoms with E-state index in [2.05, 4.69) is 50.8 Å². The quantitative estimate of drug-likeness (QED) is 0.393. The second-order valence-corrected chi connectivity index (χ2v) is 21.5. The molecule has 0 saturated heterocycles. The largest absolute Gasteiger partial charge is 0.505 e. The fraction of sp³-hybridized carbons (Fsp3) is 0.786. The van der Waals surface area contributed by atoms with Crippen molar-refractivity contribution in [1.29, 1.82) is 0 Å². The first kappa shape index (κ1) is 19.7. The zero-order valence-corrected chi connectivity index (χ0v) is 17.5. The Morgan fingerprint density at radius 3 is 2.35 bits per heavy atom. The molecule has 3 nitrogen and oxygen atoms in total. The summed E-state index contributed by atoms with van der Waals surface area (Å²) < 4.78 is 4.61. The summed E-state index contributed by atoms with van der Waals surface area (Å²) in [6, 6.07) is 1.18. The van der Waals surface area contributed by atoms with Crippen molar-refractivity contribution in [3.63, 3.8) is 0 Å². The van der Waals surface area contributed by atoms with Crippen LogP contribution < -0.4 is 0 Å². The lowest BCUT2D eigenvalue weighted by molar-refractivity contribution is 0.0917. The van der Waals surface area contributed by atoms with E-state index < -0.39 is 22.3 Å². The first-order chi connectivity index (χ1) is 9.08. The Morgan fingerprint density at radius 1 is 1.25 bits per heavy atom. The Balaban J connectivity index is 4.17. The van der Waals surface area contributed by atoms with Gasteiger partial charge in [-0.25, -0.2) is 4.79 Å². The molecule has 0 aromatic rings. The molecule has 0 fully saturated rings. The molecule has 0 spiro atoms. The van der Waals surface area contributed by atoms with Crippen LogP contribution in [0.4, 0.5) is 4.79 Å². The maximum atomic E-state index is 10.3. The van der Waals surface area contributed by atoms with Gasteiger partial charge in [0.05, 0.1) is 6.61 Å². The highest BCUT2D eigenvalue weighted by atomic mass is 28.4. The number of allylic oxidation sites excluding steroid dienone is 2. The number of ether oxygens (including phenoxy) is 1. The maximum Gasteiger partial charge on any atom is 0.505 e. The van der Waals surface area contributed by atoms with E-state index in [1.54, 1.807) is 5.20 Å². The summed E-state index contributed by atoms with van der Waals surface area (Å²) in [5, 5.41) is 10.1. The van der Waals surface area contributed by atoms with E-state index in [1.165, 1.54) is 17.4 Å². The van der Waals surface area contributed by atoms with Gasteiger partial charge in [0.1, 0.15) is 0 Å². The van der Waals surface area contributed by atoms with Crippen LogP contribution >= 0.6 is 0 Å². The number of hydrogen-bond acceptors (Lipinski definition) is 2. The molecule has 0 amide bonds. The fourth-order valence-corrected chi connectivity index (χ4v) is 21.9. The predicted molar refractivity (Wildman–Crippen MR) is 96.0 cm³/mol. The highest BCUT2D eigenvalue weighted by Gasteiger charge is 2.31. The van der Waals surface area contributed by atoms with Crippen molar-refractivity contribution in [2.75, 3.05) is 6.61 Å². The Hall–Kier alpha value is -0.339. The van der Waals surface area contributed by atoms with Crippen LogP contribution in [0.25, 0.3) is 0 Å². The zero-order valence-electron chi connectivity index (χ0n) is 14.1. The summed E-state index contributed by atoms with van der Waals surface area (Å²) in [6.45, 7) is 14.8. The van der Waals surface area contributed by atoms with Gasteiger partial charge in [0, 0.05) is 25.7 Å². The van der Waals surface area contributed by atoms with E-state index in [9.17, 15) is 4.79 Å². The van der Waals surface area contributed by atoms with Gasteiger partial charge in [-0.05, 0) is 20.3 Å². The van der Waals surface area contributed by atoms with E-state index in [4.69, 9.17) is 5.11 Å². The van der Waals surface area contributed by atoms with E-state index >= 15 is 0 Å². The lowest BCUT2D eigenvalue weighted by Crippen LogP contribution is -2.40. The number of rotatable bonds is 9. The van der Waals surface area contributed by atoms with Crippen molar-refractivity contribution in [2.24, 2.45) is 0 Å². The van der Waals surface area contributed by atoms with Crippen LogP contribution in [0, 0.1) is 0 Å². The summed E-state index contributed by atoms with van der Waals surface area (Å²) in [7, 11) is -2.30. The topological polar surface area (TPSA) is 46.5 Å². The molecule has 118 valence electrons. The molecule has 20 heavy (non-hydrogen) atoms. The molecule has 0 saturated carbocycles. The Labute approximate surface area is 128 Å². The van der Waals surface area contributed by atoms with Gasteiger partial charge in [-0.15, -0.1) is 0 Å². The zero-order chi connectivity index (χ0) is 15.8. The number of carboxylic acid groups (broad SMARTS) is 1. The van der Waals surface area contributed by atoms with Crippen molar-refractivity contribution < 1.29 is 14.6 Å². The predicted octanol–water partition coefficient (Wildman–Crippen LogP) is 4.08. The molecule has 0 unspecified atom stereocenters. The summed E-state index contributed by atoms with van der Waals surface area (Å²) in [5.41, 5.74) is 2.96. The minimum absolute atomic E-state index is 0.0291. The van der Waals surface area contributed by atoms with E-state index in [1.807, 2.05) is 0 Å². The van der Waals surface area contributed by atoms with Crippen LogP contribution in [0.5, 0.6) is 0 Å². The average molecular weight is 333 g/mol. The molecule has 0 radical (unpaired) electrons.